The van der Waals surface area contributed by atoms with E-state index in [9.17, 15) is 0 Å². The van der Waals surface area contributed by atoms with Crippen LogP contribution >= 0.6 is 0 Å². The first-order valence-electron chi connectivity index (χ1n) is 7.86. The molecule has 0 spiro atoms. The summed E-state index contributed by atoms with van der Waals surface area (Å²) in [7, 11) is 3.89. The Hall–Kier alpha value is -1.59. The van der Waals surface area contributed by atoms with E-state index in [-0.39, 0.29) is 5.41 Å². The van der Waals surface area contributed by atoms with Crippen molar-refractivity contribution >= 4 is 17.8 Å². The van der Waals surface area contributed by atoms with Gasteiger partial charge in [0.05, 0.1) is 0 Å². The number of hydrogen-bond acceptors (Lipinski definition) is 6. The van der Waals surface area contributed by atoms with Gasteiger partial charge >= 0.3 is 0 Å². The second kappa shape index (κ2) is 6.45. The van der Waals surface area contributed by atoms with E-state index in [1.165, 1.54) is 25.7 Å². The van der Waals surface area contributed by atoms with Crippen LogP contribution in [-0.4, -0.2) is 41.6 Å². The van der Waals surface area contributed by atoms with Crippen molar-refractivity contribution in [2.75, 3.05) is 36.2 Å². The van der Waals surface area contributed by atoms with Crippen LogP contribution in [0.4, 0.5) is 17.8 Å². The van der Waals surface area contributed by atoms with Crippen LogP contribution in [0.1, 0.15) is 46.5 Å². The van der Waals surface area contributed by atoms with Crippen molar-refractivity contribution in [2.24, 2.45) is 5.41 Å². The molecular formula is C15H28N6. The fourth-order valence-corrected chi connectivity index (χ4v) is 2.78. The van der Waals surface area contributed by atoms with Gasteiger partial charge in [0.1, 0.15) is 0 Å². The Kier molecular flexibility index (Phi) is 4.85. The minimum atomic E-state index is 0.279. The second-order valence-electron chi connectivity index (χ2n) is 6.64. The zero-order valence-corrected chi connectivity index (χ0v) is 13.9. The molecule has 6 nitrogen and oxygen atoms in total. The molecule has 1 aliphatic rings. The molecule has 1 saturated carbocycles. The number of nitrogens with one attached hydrogen (secondary N) is 2. The Bertz CT molecular complexity index is 471. The molecule has 1 aromatic heterocycles. The molecule has 1 heterocycles. The van der Waals surface area contributed by atoms with E-state index in [2.05, 4.69) is 39.4 Å². The summed E-state index contributed by atoms with van der Waals surface area (Å²) >= 11 is 0. The number of aromatic nitrogens is 3. The fraction of sp³-hybridized carbons (Fsp3) is 0.800. The Morgan fingerprint density at radius 1 is 1.14 bits per heavy atom. The fourth-order valence-electron chi connectivity index (χ4n) is 2.78. The summed E-state index contributed by atoms with van der Waals surface area (Å²) in [6.45, 7) is 7.48. The minimum Gasteiger partial charge on any atom is -0.354 e. The lowest BCUT2D eigenvalue weighted by atomic mass is 9.73. The maximum atomic E-state index is 4.53. The van der Waals surface area contributed by atoms with Gasteiger partial charge < -0.3 is 15.5 Å². The Morgan fingerprint density at radius 2 is 1.86 bits per heavy atom. The van der Waals surface area contributed by atoms with Gasteiger partial charge in [-0.2, -0.15) is 15.0 Å². The van der Waals surface area contributed by atoms with Crippen LogP contribution in [0.5, 0.6) is 0 Å². The molecule has 21 heavy (non-hydrogen) atoms. The Morgan fingerprint density at radius 3 is 2.48 bits per heavy atom. The number of nitrogens with zero attached hydrogens (tertiary/aromatic N) is 4. The zero-order chi connectivity index (χ0) is 15.5. The molecule has 2 rings (SSSR count). The van der Waals surface area contributed by atoms with Gasteiger partial charge in [0, 0.05) is 26.7 Å². The van der Waals surface area contributed by atoms with Crippen molar-refractivity contribution < 1.29 is 0 Å². The van der Waals surface area contributed by atoms with Gasteiger partial charge in [0.2, 0.25) is 17.8 Å². The maximum absolute atomic E-state index is 4.53. The molecule has 1 unspecified atom stereocenters. The standard InChI is InChI=1S/C15H28N6/c1-6-16-12-18-13(20-14(19-12)21(4)5)17-11-9-7-8-10-15(11,2)3/h11H,6-10H2,1-5H3,(H2,16,17,18,19,20). The normalized spacial score (nSPS) is 20.9. The summed E-state index contributed by atoms with van der Waals surface area (Å²) in [5, 5.41) is 6.71. The summed E-state index contributed by atoms with van der Waals surface area (Å²) in [6.07, 6.45) is 5.00. The van der Waals surface area contributed by atoms with Gasteiger partial charge in [-0.1, -0.05) is 26.7 Å². The van der Waals surface area contributed by atoms with E-state index in [1.54, 1.807) is 0 Å². The van der Waals surface area contributed by atoms with Gasteiger partial charge in [0.25, 0.3) is 0 Å². The van der Waals surface area contributed by atoms with Crippen molar-refractivity contribution in [1.29, 1.82) is 0 Å². The molecule has 0 aliphatic heterocycles. The SMILES string of the molecule is CCNc1nc(NC2CCCCC2(C)C)nc(N(C)C)n1. The van der Waals surface area contributed by atoms with Gasteiger partial charge in [-0.3, -0.25) is 0 Å². The first-order chi connectivity index (χ1) is 9.92. The molecule has 0 amide bonds. The number of anilines is 3. The number of hydrogen-bond donors (Lipinski definition) is 2. The number of rotatable bonds is 5. The lowest BCUT2D eigenvalue weighted by Crippen LogP contribution is -2.39. The summed E-state index contributed by atoms with van der Waals surface area (Å²) in [5.74, 6) is 1.98. The quantitative estimate of drug-likeness (QED) is 0.870. The highest BCUT2D eigenvalue weighted by Gasteiger charge is 2.32. The van der Waals surface area contributed by atoms with E-state index in [0.29, 0.717) is 23.9 Å². The molecule has 118 valence electrons. The van der Waals surface area contributed by atoms with Gasteiger partial charge in [0.15, 0.2) is 0 Å². The van der Waals surface area contributed by atoms with Crippen LogP contribution in [-0.2, 0) is 0 Å². The molecule has 0 bridgehead atoms. The molecule has 2 N–H and O–H groups in total. The zero-order valence-electron chi connectivity index (χ0n) is 13.9. The van der Waals surface area contributed by atoms with Crippen molar-refractivity contribution in [1.82, 2.24) is 15.0 Å². The van der Waals surface area contributed by atoms with Crippen LogP contribution in [0.15, 0.2) is 0 Å². The van der Waals surface area contributed by atoms with Crippen molar-refractivity contribution in [3.05, 3.63) is 0 Å². The minimum absolute atomic E-state index is 0.279. The highest BCUT2D eigenvalue weighted by molar-refractivity contribution is 5.43. The Balaban J connectivity index is 2.21. The maximum Gasteiger partial charge on any atom is 0.231 e. The summed E-state index contributed by atoms with van der Waals surface area (Å²) < 4.78 is 0. The van der Waals surface area contributed by atoms with Crippen LogP contribution in [0.25, 0.3) is 0 Å². The first kappa shape index (κ1) is 15.8. The first-order valence-corrected chi connectivity index (χ1v) is 7.86. The van der Waals surface area contributed by atoms with Crippen LogP contribution < -0.4 is 15.5 Å². The molecule has 1 atom stereocenters. The van der Waals surface area contributed by atoms with E-state index in [0.717, 1.165) is 6.54 Å². The highest BCUT2D eigenvalue weighted by atomic mass is 15.3. The van der Waals surface area contributed by atoms with Crippen LogP contribution in [0.3, 0.4) is 0 Å². The van der Waals surface area contributed by atoms with E-state index < -0.39 is 0 Å². The highest BCUT2D eigenvalue weighted by Crippen LogP contribution is 2.36. The van der Waals surface area contributed by atoms with Gasteiger partial charge in [-0.15, -0.1) is 0 Å². The van der Waals surface area contributed by atoms with E-state index >= 15 is 0 Å². The average molecular weight is 292 g/mol. The van der Waals surface area contributed by atoms with Crippen LogP contribution in [0, 0.1) is 5.41 Å². The van der Waals surface area contributed by atoms with Crippen molar-refractivity contribution in [3.63, 3.8) is 0 Å². The smallest absolute Gasteiger partial charge is 0.231 e. The Labute approximate surface area is 127 Å². The molecule has 1 aliphatic carbocycles. The molecule has 6 heteroatoms. The van der Waals surface area contributed by atoms with Crippen molar-refractivity contribution in [2.45, 2.75) is 52.5 Å². The third-order valence-corrected chi connectivity index (χ3v) is 4.17. The lowest BCUT2D eigenvalue weighted by molar-refractivity contribution is 0.216. The van der Waals surface area contributed by atoms with E-state index in [4.69, 9.17) is 0 Å². The summed E-state index contributed by atoms with van der Waals surface area (Å²) in [4.78, 5) is 15.3. The molecule has 1 aromatic rings. The van der Waals surface area contributed by atoms with E-state index in [1.807, 2.05) is 25.9 Å². The topological polar surface area (TPSA) is 66.0 Å². The third-order valence-electron chi connectivity index (χ3n) is 4.17. The predicted octanol–water partition coefficient (Wildman–Crippen LogP) is 2.75. The monoisotopic (exact) mass is 292 g/mol. The molecule has 0 saturated heterocycles. The second-order valence-corrected chi connectivity index (χ2v) is 6.64. The lowest BCUT2D eigenvalue weighted by Gasteiger charge is -2.39. The van der Waals surface area contributed by atoms with Crippen molar-refractivity contribution in [3.8, 4) is 0 Å². The average Bonchev–Trinajstić information content (AvgIpc) is 2.41. The summed E-state index contributed by atoms with van der Waals surface area (Å²) in [5.41, 5.74) is 0.279. The molecule has 0 radical (unpaired) electrons. The molecule has 0 aromatic carbocycles. The molecular weight excluding hydrogens is 264 g/mol. The van der Waals surface area contributed by atoms with Gasteiger partial charge in [-0.05, 0) is 25.2 Å². The third kappa shape index (κ3) is 3.95. The predicted molar refractivity (Wildman–Crippen MR) is 88.0 cm³/mol. The largest absolute Gasteiger partial charge is 0.354 e. The molecule has 1 fully saturated rings. The summed E-state index contributed by atoms with van der Waals surface area (Å²) in [6, 6.07) is 0.415. The van der Waals surface area contributed by atoms with Gasteiger partial charge in [-0.25, -0.2) is 0 Å². The van der Waals surface area contributed by atoms with Crippen LogP contribution in [0.2, 0.25) is 0 Å².